The van der Waals surface area contributed by atoms with Gasteiger partial charge in [-0.3, -0.25) is 4.98 Å². The number of aryl methyl sites for hydroxylation is 1. The number of rotatable bonds is 6. The minimum atomic E-state index is 0.356. The largest absolute Gasteiger partial charge is 0.489 e. The highest BCUT2D eigenvalue weighted by Crippen LogP contribution is 2.24. The van der Waals surface area contributed by atoms with E-state index in [4.69, 9.17) is 16.3 Å². The summed E-state index contributed by atoms with van der Waals surface area (Å²) in [6.45, 7) is 2.01. The van der Waals surface area contributed by atoms with Gasteiger partial charge in [-0.1, -0.05) is 17.7 Å². The van der Waals surface area contributed by atoms with Crippen molar-refractivity contribution in [3.63, 3.8) is 0 Å². The van der Waals surface area contributed by atoms with Gasteiger partial charge in [0.25, 0.3) is 0 Å². The van der Waals surface area contributed by atoms with E-state index in [1.165, 1.54) is 0 Å². The highest BCUT2D eigenvalue weighted by Gasteiger charge is 2.19. The Morgan fingerprint density at radius 1 is 1.31 bits per heavy atom. The Balaban J connectivity index is 1.40. The minimum absolute atomic E-state index is 0.356. The second kappa shape index (κ2) is 7.85. The molecule has 7 heteroatoms. The molecular formula is C19H20ClN5O. The van der Waals surface area contributed by atoms with Crippen molar-refractivity contribution in [1.29, 1.82) is 0 Å². The third-order valence-corrected chi connectivity index (χ3v) is 4.76. The van der Waals surface area contributed by atoms with Crippen LogP contribution in [0, 0.1) is 0 Å². The number of halogens is 1. The predicted octanol–water partition coefficient (Wildman–Crippen LogP) is 3.01. The van der Waals surface area contributed by atoms with E-state index in [-0.39, 0.29) is 0 Å². The standard InChI is InChI=1S/C19H20ClN5O/c20-16-3-5-18(26-12-14-2-1-7-21-9-14)15(8-16)10-22-17-4-6-19-23-13-24-25(19)11-17/h1-3,5,7-9,13,17,22H,4,6,10-12H2. The predicted molar refractivity (Wildman–Crippen MR) is 99.0 cm³/mol. The fraction of sp³-hybridized carbons (Fsp3) is 0.316. The summed E-state index contributed by atoms with van der Waals surface area (Å²) in [6, 6.07) is 9.99. The lowest BCUT2D eigenvalue weighted by Gasteiger charge is -2.24. The van der Waals surface area contributed by atoms with E-state index in [0.717, 1.165) is 42.1 Å². The van der Waals surface area contributed by atoms with E-state index in [0.29, 0.717) is 24.2 Å². The van der Waals surface area contributed by atoms with Crippen LogP contribution in [0.25, 0.3) is 0 Å². The lowest BCUT2D eigenvalue weighted by Crippen LogP contribution is -2.37. The minimum Gasteiger partial charge on any atom is -0.489 e. The summed E-state index contributed by atoms with van der Waals surface area (Å²) in [5.74, 6) is 1.90. The molecule has 3 heterocycles. The molecule has 26 heavy (non-hydrogen) atoms. The quantitative estimate of drug-likeness (QED) is 0.723. The van der Waals surface area contributed by atoms with Crippen LogP contribution in [0.2, 0.25) is 5.02 Å². The summed E-state index contributed by atoms with van der Waals surface area (Å²) in [6.07, 6.45) is 7.18. The summed E-state index contributed by atoms with van der Waals surface area (Å²) < 4.78 is 7.97. The monoisotopic (exact) mass is 369 g/mol. The van der Waals surface area contributed by atoms with Crippen molar-refractivity contribution in [3.05, 3.63) is 71.0 Å². The molecule has 0 radical (unpaired) electrons. The summed E-state index contributed by atoms with van der Waals surface area (Å²) in [4.78, 5) is 8.39. The fourth-order valence-electron chi connectivity index (χ4n) is 3.13. The molecule has 0 aliphatic carbocycles. The molecule has 1 aromatic carbocycles. The molecule has 1 aliphatic rings. The molecule has 0 fully saturated rings. The van der Waals surface area contributed by atoms with Gasteiger partial charge in [0, 0.05) is 47.6 Å². The molecule has 1 atom stereocenters. The van der Waals surface area contributed by atoms with Gasteiger partial charge in [0.2, 0.25) is 0 Å². The van der Waals surface area contributed by atoms with Gasteiger partial charge in [0.15, 0.2) is 0 Å². The van der Waals surface area contributed by atoms with Gasteiger partial charge >= 0.3 is 0 Å². The number of fused-ring (bicyclic) bond motifs is 1. The number of ether oxygens (including phenoxy) is 1. The molecule has 6 nitrogen and oxygen atoms in total. The van der Waals surface area contributed by atoms with Crippen LogP contribution in [-0.2, 0) is 26.1 Å². The molecule has 2 aromatic heterocycles. The van der Waals surface area contributed by atoms with Crippen molar-refractivity contribution in [3.8, 4) is 5.75 Å². The molecular weight excluding hydrogens is 350 g/mol. The zero-order chi connectivity index (χ0) is 17.8. The van der Waals surface area contributed by atoms with Crippen molar-refractivity contribution in [1.82, 2.24) is 25.1 Å². The van der Waals surface area contributed by atoms with Crippen molar-refractivity contribution in [2.24, 2.45) is 0 Å². The highest BCUT2D eigenvalue weighted by molar-refractivity contribution is 6.30. The van der Waals surface area contributed by atoms with E-state index in [2.05, 4.69) is 20.4 Å². The van der Waals surface area contributed by atoms with Gasteiger partial charge in [-0.05, 0) is 30.7 Å². The maximum atomic E-state index is 6.19. The maximum absolute atomic E-state index is 6.19. The Labute approximate surface area is 157 Å². The molecule has 4 rings (SSSR count). The second-order valence-electron chi connectivity index (χ2n) is 6.38. The number of hydrogen-bond acceptors (Lipinski definition) is 5. The Morgan fingerprint density at radius 3 is 3.15 bits per heavy atom. The molecule has 1 unspecified atom stereocenters. The van der Waals surface area contributed by atoms with Crippen LogP contribution in [0.1, 0.15) is 23.4 Å². The SMILES string of the molecule is Clc1ccc(OCc2cccnc2)c(CNC2CCc3ncnn3C2)c1. The molecule has 1 N–H and O–H groups in total. The first-order chi connectivity index (χ1) is 12.8. The van der Waals surface area contributed by atoms with E-state index < -0.39 is 0 Å². The molecule has 0 saturated heterocycles. The van der Waals surface area contributed by atoms with Crippen molar-refractivity contribution in [2.45, 2.75) is 38.6 Å². The van der Waals surface area contributed by atoms with Gasteiger partial charge in [-0.15, -0.1) is 0 Å². The maximum Gasteiger partial charge on any atom is 0.138 e. The highest BCUT2D eigenvalue weighted by atomic mass is 35.5. The average molecular weight is 370 g/mol. The van der Waals surface area contributed by atoms with Gasteiger partial charge in [-0.2, -0.15) is 5.10 Å². The van der Waals surface area contributed by atoms with Crippen molar-refractivity contribution < 1.29 is 4.74 Å². The summed E-state index contributed by atoms with van der Waals surface area (Å²) >= 11 is 6.19. The number of aromatic nitrogens is 4. The van der Waals surface area contributed by atoms with E-state index in [9.17, 15) is 0 Å². The second-order valence-corrected chi connectivity index (χ2v) is 6.81. The fourth-order valence-corrected chi connectivity index (χ4v) is 3.32. The van der Waals surface area contributed by atoms with Crippen molar-refractivity contribution in [2.75, 3.05) is 0 Å². The molecule has 134 valence electrons. The summed E-state index contributed by atoms with van der Waals surface area (Å²) in [5.41, 5.74) is 2.08. The first-order valence-electron chi connectivity index (χ1n) is 8.68. The molecule has 1 aliphatic heterocycles. The zero-order valence-corrected chi connectivity index (χ0v) is 15.1. The lowest BCUT2D eigenvalue weighted by atomic mass is 10.1. The van der Waals surface area contributed by atoms with E-state index >= 15 is 0 Å². The Bertz CT molecular complexity index is 867. The Kier molecular flexibility index (Phi) is 5.13. The van der Waals surface area contributed by atoms with E-state index in [1.54, 1.807) is 12.5 Å². The molecule has 0 amide bonds. The zero-order valence-electron chi connectivity index (χ0n) is 14.3. The van der Waals surface area contributed by atoms with Gasteiger partial charge in [-0.25, -0.2) is 9.67 Å². The summed E-state index contributed by atoms with van der Waals surface area (Å²) in [5, 5.41) is 8.57. The first kappa shape index (κ1) is 17.0. The number of nitrogens with zero attached hydrogens (tertiary/aromatic N) is 4. The van der Waals surface area contributed by atoms with Crippen LogP contribution in [0.3, 0.4) is 0 Å². The van der Waals surface area contributed by atoms with Crippen molar-refractivity contribution >= 4 is 11.6 Å². The van der Waals surface area contributed by atoms with Gasteiger partial charge in [0.1, 0.15) is 24.5 Å². The number of pyridine rings is 1. The lowest BCUT2D eigenvalue weighted by molar-refractivity contribution is 0.299. The molecule has 3 aromatic rings. The van der Waals surface area contributed by atoms with Crippen LogP contribution in [-0.4, -0.2) is 25.8 Å². The van der Waals surface area contributed by atoms with Gasteiger partial charge < -0.3 is 10.1 Å². The van der Waals surface area contributed by atoms with Crippen LogP contribution >= 0.6 is 11.6 Å². The van der Waals surface area contributed by atoms with Gasteiger partial charge in [0.05, 0.1) is 6.54 Å². The Morgan fingerprint density at radius 2 is 2.27 bits per heavy atom. The third-order valence-electron chi connectivity index (χ3n) is 4.53. The normalized spacial score (nSPS) is 16.3. The number of benzene rings is 1. The average Bonchev–Trinajstić information content (AvgIpc) is 3.14. The Hall–Kier alpha value is -2.44. The van der Waals surface area contributed by atoms with Crippen LogP contribution < -0.4 is 10.1 Å². The number of nitrogens with one attached hydrogen (secondary N) is 1. The van der Waals surface area contributed by atoms with E-state index in [1.807, 2.05) is 41.2 Å². The first-order valence-corrected chi connectivity index (χ1v) is 9.06. The molecule has 0 bridgehead atoms. The molecule has 0 spiro atoms. The topological polar surface area (TPSA) is 64.9 Å². The number of hydrogen-bond donors (Lipinski definition) is 1. The van der Waals surface area contributed by atoms with Crippen LogP contribution in [0.5, 0.6) is 5.75 Å². The third kappa shape index (κ3) is 4.03. The van der Waals surface area contributed by atoms with Crippen LogP contribution in [0.15, 0.2) is 49.1 Å². The van der Waals surface area contributed by atoms with Crippen LogP contribution in [0.4, 0.5) is 0 Å². The summed E-state index contributed by atoms with van der Waals surface area (Å²) in [7, 11) is 0. The molecule has 0 saturated carbocycles. The smallest absolute Gasteiger partial charge is 0.138 e.